The predicted octanol–water partition coefficient (Wildman–Crippen LogP) is 2.89. The Bertz CT molecular complexity index is 792. The molecule has 7 nitrogen and oxygen atoms in total. The summed E-state index contributed by atoms with van der Waals surface area (Å²) in [5, 5.41) is 3.43. The number of imidazole rings is 1. The van der Waals surface area contributed by atoms with Gasteiger partial charge in [0.05, 0.1) is 29.9 Å². The van der Waals surface area contributed by atoms with Crippen LogP contribution in [0.3, 0.4) is 0 Å². The summed E-state index contributed by atoms with van der Waals surface area (Å²) in [4.78, 5) is 23.0. The minimum Gasteiger partial charge on any atom is -0.466 e. The number of halogens is 1. The largest absolute Gasteiger partial charge is 0.466 e. The summed E-state index contributed by atoms with van der Waals surface area (Å²) in [5.74, 6) is 0.707. The molecule has 1 aliphatic heterocycles. The van der Waals surface area contributed by atoms with Gasteiger partial charge >= 0.3 is 5.97 Å². The summed E-state index contributed by atoms with van der Waals surface area (Å²) >= 11 is 0. The molecule has 1 saturated heterocycles. The zero-order valence-electron chi connectivity index (χ0n) is 16.6. The van der Waals surface area contributed by atoms with E-state index in [1.165, 1.54) is 0 Å². The molecule has 1 atom stereocenters. The van der Waals surface area contributed by atoms with E-state index in [1.54, 1.807) is 7.05 Å². The van der Waals surface area contributed by atoms with Gasteiger partial charge in [0.25, 0.3) is 0 Å². The molecule has 0 spiro atoms. The van der Waals surface area contributed by atoms with Crippen LogP contribution in [0.4, 0.5) is 0 Å². The molecule has 1 fully saturated rings. The highest BCUT2D eigenvalue weighted by atomic mass is 127. The highest BCUT2D eigenvalue weighted by Gasteiger charge is 2.28. The first kappa shape index (κ1) is 22.4. The number of fused-ring (bicyclic) bond motifs is 1. The van der Waals surface area contributed by atoms with E-state index < -0.39 is 0 Å². The Morgan fingerprint density at radius 3 is 3.00 bits per heavy atom. The number of ether oxygens (including phenoxy) is 1. The topological polar surface area (TPSA) is 71.8 Å². The van der Waals surface area contributed by atoms with Gasteiger partial charge in [0.1, 0.15) is 0 Å². The molecular weight excluding hydrogens is 469 g/mol. The fourth-order valence-corrected chi connectivity index (χ4v) is 3.59. The highest BCUT2D eigenvalue weighted by Crippen LogP contribution is 2.18. The normalized spacial score (nSPS) is 17.3. The molecule has 0 radical (unpaired) electrons. The Labute approximate surface area is 183 Å². The van der Waals surface area contributed by atoms with Crippen molar-refractivity contribution in [2.24, 2.45) is 10.9 Å². The Balaban J connectivity index is 0.00000280. The Morgan fingerprint density at radius 1 is 1.39 bits per heavy atom. The lowest BCUT2D eigenvalue weighted by Gasteiger charge is -2.34. The van der Waals surface area contributed by atoms with E-state index in [0.29, 0.717) is 13.2 Å². The molecule has 8 heteroatoms. The van der Waals surface area contributed by atoms with E-state index in [4.69, 9.17) is 4.74 Å². The van der Waals surface area contributed by atoms with E-state index in [0.717, 1.165) is 55.9 Å². The first-order valence-corrected chi connectivity index (χ1v) is 9.75. The molecule has 154 valence electrons. The number of nitrogens with one attached hydrogen (secondary N) is 1. The lowest BCUT2D eigenvalue weighted by Crippen LogP contribution is -2.48. The van der Waals surface area contributed by atoms with Crippen LogP contribution in [0.2, 0.25) is 0 Å². The number of para-hydroxylation sites is 2. The predicted molar refractivity (Wildman–Crippen MR) is 122 cm³/mol. The third kappa shape index (κ3) is 5.59. The number of guanidine groups is 1. The van der Waals surface area contributed by atoms with E-state index >= 15 is 0 Å². The summed E-state index contributed by atoms with van der Waals surface area (Å²) in [6.07, 6.45) is 4.73. The van der Waals surface area contributed by atoms with E-state index in [9.17, 15) is 4.79 Å². The standard InChI is InChI=1S/C20H29N5O2.HI/c1-3-27-19(26)16-8-6-12-24(14-16)20(21-2)22-11-7-13-25-15-23-17-9-4-5-10-18(17)25;/h4-5,9-10,15-16H,3,6-8,11-14H2,1-2H3,(H,21,22);1H. The molecule has 0 amide bonds. The summed E-state index contributed by atoms with van der Waals surface area (Å²) in [7, 11) is 1.79. The minimum absolute atomic E-state index is 0. The van der Waals surface area contributed by atoms with Gasteiger partial charge in [-0.3, -0.25) is 9.79 Å². The fraction of sp³-hybridized carbons (Fsp3) is 0.550. The highest BCUT2D eigenvalue weighted by molar-refractivity contribution is 14.0. The van der Waals surface area contributed by atoms with Crippen LogP contribution in [0.1, 0.15) is 26.2 Å². The van der Waals surface area contributed by atoms with Crippen molar-refractivity contribution in [2.75, 3.05) is 33.3 Å². The van der Waals surface area contributed by atoms with Gasteiger partial charge in [0.2, 0.25) is 0 Å². The number of nitrogens with zero attached hydrogens (tertiary/aromatic N) is 4. The number of esters is 1. The van der Waals surface area contributed by atoms with E-state index in [-0.39, 0.29) is 35.9 Å². The van der Waals surface area contributed by atoms with Gasteiger partial charge in [-0.2, -0.15) is 0 Å². The van der Waals surface area contributed by atoms with Crippen LogP contribution in [0.15, 0.2) is 35.6 Å². The van der Waals surface area contributed by atoms with Crippen molar-refractivity contribution in [3.05, 3.63) is 30.6 Å². The molecule has 1 N–H and O–H groups in total. The number of hydrogen-bond donors (Lipinski definition) is 1. The Kier molecular flexibility index (Phi) is 9.01. The number of carbonyl (C=O) groups is 1. The summed E-state index contributed by atoms with van der Waals surface area (Å²) in [6, 6.07) is 8.17. The number of benzene rings is 1. The molecule has 1 aromatic heterocycles. The summed E-state index contributed by atoms with van der Waals surface area (Å²) in [6.45, 7) is 5.59. The molecule has 1 aromatic carbocycles. The zero-order valence-corrected chi connectivity index (χ0v) is 19.0. The summed E-state index contributed by atoms with van der Waals surface area (Å²) in [5.41, 5.74) is 2.19. The van der Waals surface area contributed by atoms with Crippen LogP contribution in [-0.2, 0) is 16.1 Å². The second-order valence-corrected chi connectivity index (χ2v) is 6.79. The smallest absolute Gasteiger partial charge is 0.310 e. The van der Waals surface area contributed by atoms with Crippen LogP contribution in [0.5, 0.6) is 0 Å². The first-order chi connectivity index (χ1) is 13.2. The van der Waals surface area contributed by atoms with Crippen molar-refractivity contribution < 1.29 is 9.53 Å². The SMILES string of the molecule is CCOC(=O)C1CCCN(C(=NC)NCCCn2cnc3ccccc32)C1.I. The van der Waals surface area contributed by atoms with Gasteiger partial charge in [0, 0.05) is 33.2 Å². The van der Waals surface area contributed by atoms with Crippen LogP contribution in [0.25, 0.3) is 11.0 Å². The lowest BCUT2D eigenvalue weighted by atomic mass is 9.98. The van der Waals surface area contributed by atoms with E-state index in [2.05, 4.69) is 30.8 Å². The van der Waals surface area contributed by atoms with Gasteiger partial charge in [0.15, 0.2) is 5.96 Å². The van der Waals surface area contributed by atoms with Crippen LogP contribution in [-0.4, -0.2) is 59.7 Å². The average Bonchev–Trinajstić information content (AvgIpc) is 3.11. The first-order valence-electron chi connectivity index (χ1n) is 9.75. The third-order valence-corrected chi connectivity index (χ3v) is 4.94. The van der Waals surface area contributed by atoms with Crippen molar-refractivity contribution in [3.63, 3.8) is 0 Å². The number of rotatable bonds is 6. The molecule has 1 unspecified atom stereocenters. The fourth-order valence-electron chi connectivity index (χ4n) is 3.59. The molecule has 0 bridgehead atoms. The number of aromatic nitrogens is 2. The van der Waals surface area contributed by atoms with Gasteiger partial charge in [-0.15, -0.1) is 24.0 Å². The Morgan fingerprint density at radius 2 is 2.21 bits per heavy atom. The number of likely N-dealkylation sites (tertiary alicyclic amines) is 1. The molecule has 0 saturated carbocycles. The lowest BCUT2D eigenvalue weighted by molar-refractivity contribution is -0.149. The Hall–Kier alpha value is -1.84. The molecule has 1 aliphatic rings. The monoisotopic (exact) mass is 499 g/mol. The van der Waals surface area contributed by atoms with Crippen molar-refractivity contribution >= 4 is 46.9 Å². The number of carbonyl (C=O) groups excluding carboxylic acids is 1. The summed E-state index contributed by atoms with van der Waals surface area (Å²) < 4.78 is 7.36. The van der Waals surface area contributed by atoms with Gasteiger partial charge in [-0.25, -0.2) is 4.98 Å². The maximum absolute atomic E-state index is 12.0. The second-order valence-electron chi connectivity index (χ2n) is 6.79. The molecule has 28 heavy (non-hydrogen) atoms. The minimum atomic E-state index is -0.0929. The van der Waals surface area contributed by atoms with Crippen LogP contribution >= 0.6 is 24.0 Å². The van der Waals surface area contributed by atoms with Crippen LogP contribution in [0, 0.1) is 5.92 Å². The zero-order chi connectivity index (χ0) is 19.1. The molecule has 2 aromatic rings. The van der Waals surface area contributed by atoms with Crippen molar-refractivity contribution in [2.45, 2.75) is 32.7 Å². The van der Waals surface area contributed by atoms with Crippen molar-refractivity contribution in [1.82, 2.24) is 19.8 Å². The molecule has 0 aliphatic carbocycles. The molecular formula is C20H30IN5O2. The molecule has 3 rings (SSSR count). The maximum atomic E-state index is 12.0. The second kappa shape index (κ2) is 11.2. The van der Waals surface area contributed by atoms with Gasteiger partial charge < -0.3 is 19.5 Å². The third-order valence-electron chi connectivity index (χ3n) is 4.94. The maximum Gasteiger partial charge on any atom is 0.310 e. The quantitative estimate of drug-likeness (QED) is 0.218. The van der Waals surface area contributed by atoms with E-state index in [1.807, 2.05) is 31.5 Å². The number of piperidine rings is 1. The molecule has 2 heterocycles. The van der Waals surface area contributed by atoms with Gasteiger partial charge in [-0.05, 0) is 38.3 Å². The van der Waals surface area contributed by atoms with Crippen LogP contribution < -0.4 is 5.32 Å². The van der Waals surface area contributed by atoms with Crippen molar-refractivity contribution in [1.29, 1.82) is 0 Å². The number of aryl methyl sites for hydroxylation is 1. The van der Waals surface area contributed by atoms with Crippen molar-refractivity contribution in [3.8, 4) is 0 Å². The van der Waals surface area contributed by atoms with Gasteiger partial charge in [-0.1, -0.05) is 12.1 Å². The number of hydrogen-bond acceptors (Lipinski definition) is 4. The average molecular weight is 499 g/mol. The number of aliphatic imine (C=N–C) groups is 1.